The Kier molecular flexibility index (Phi) is 3.40. The third kappa shape index (κ3) is 2.57. The van der Waals surface area contributed by atoms with E-state index in [1.54, 1.807) is 4.52 Å². The monoisotopic (exact) mass is 336 g/mol. The number of nitrogens with one attached hydrogen (secondary N) is 1. The molecule has 0 radical (unpaired) electrons. The van der Waals surface area contributed by atoms with Crippen molar-refractivity contribution in [2.75, 3.05) is 5.32 Å². The number of fused-ring (bicyclic) bond motifs is 1. The fourth-order valence-electron chi connectivity index (χ4n) is 1.87. The molecule has 0 saturated carbocycles. The van der Waals surface area contributed by atoms with Crippen molar-refractivity contribution in [3.8, 4) is 0 Å². The van der Waals surface area contributed by atoms with E-state index in [1.165, 1.54) is 5.56 Å². The van der Waals surface area contributed by atoms with Crippen LogP contribution in [0.2, 0.25) is 5.28 Å². The molecule has 0 spiro atoms. The predicted molar refractivity (Wildman–Crippen MR) is 79.5 cm³/mol. The second kappa shape index (κ2) is 5.19. The van der Waals surface area contributed by atoms with Crippen LogP contribution in [0.1, 0.15) is 5.56 Å². The molecule has 1 N–H and O–H groups in total. The SMILES string of the molecule is Clc1nc(NCc2ccccc2)c2c(Br)ccn2n1. The van der Waals surface area contributed by atoms with E-state index >= 15 is 0 Å². The normalized spacial score (nSPS) is 10.8. The summed E-state index contributed by atoms with van der Waals surface area (Å²) in [6.45, 7) is 0.682. The van der Waals surface area contributed by atoms with Crippen LogP contribution >= 0.6 is 27.5 Å². The Hall–Kier alpha value is -1.59. The lowest BCUT2D eigenvalue weighted by Gasteiger charge is -2.08. The summed E-state index contributed by atoms with van der Waals surface area (Å²) in [6.07, 6.45) is 1.83. The quantitative estimate of drug-likeness (QED) is 0.791. The first-order valence-corrected chi connectivity index (χ1v) is 6.89. The Bertz CT molecular complexity index is 711. The minimum absolute atomic E-state index is 0.214. The van der Waals surface area contributed by atoms with Crippen molar-refractivity contribution in [3.63, 3.8) is 0 Å². The van der Waals surface area contributed by atoms with Gasteiger partial charge in [0.2, 0.25) is 5.28 Å². The fraction of sp³-hybridized carbons (Fsp3) is 0.0769. The Morgan fingerprint density at radius 1 is 1.21 bits per heavy atom. The largest absolute Gasteiger partial charge is 0.364 e. The lowest BCUT2D eigenvalue weighted by atomic mass is 10.2. The third-order valence-electron chi connectivity index (χ3n) is 2.74. The molecule has 0 amide bonds. The van der Waals surface area contributed by atoms with E-state index in [4.69, 9.17) is 11.6 Å². The molecule has 2 heterocycles. The zero-order chi connectivity index (χ0) is 13.2. The smallest absolute Gasteiger partial charge is 0.243 e. The number of aromatic nitrogens is 3. The van der Waals surface area contributed by atoms with Gasteiger partial charge in [0.1, 0.15) is 5.52 Å². The topological polar surface area (TPSA) is 42.2 Å². The molecule has 0 aliphatic rings. The number of hydrogen-bond acceptors (Lipinski definition) is 3. The summed E-state index contributed by atoms with van der Waals surface area (Å²) in [6, 6.07) is 12.0. The molecule has 3 aromatic rings. The summed E-state index contributed by atoms with van der Waals surface area (Å²) in [5, 5.41) is 7.61. The second-order valence-corrected chi connectivity index (χ2v) is 5.22. The molecule has 4 nitrogen and oxygen atoms in total. The first-order valence-electron chi connectivity index (χ1n) is 5.72. The first kappa shape index (κ1) is 12.4. The molecular formula is C13H10BrClN4. The van der Waals surface area contributed by atoms with E-state index in [1.807, 2.05) is 30.5 Å². The minimum atomic E-state index is 0.214. The number of benzene rings is 1. The zero-order valence-electron chi connectivity index (χ0n) is 9.85. The number of anilines is 1. The molecular weight excluding hydrogens is 328 g/mol. The van der Waals surface area contributed by atoms with Crippen LogP contribution in [0.3, 0.4) is 0 Å². The number of halogens is 2. The Morgan fingerprint density at radius 3 is 2.79 bits per heavy atom. The van der Waals surface area contributed by atoms with Gasteiger partial charge in [0.25, 0.3) is 0 Å². The van der Waals surface area contributed by atoms with Crippen molar-refractivity contribution < 1.29 is 0 Å². The van der Waals surface area contributed by atoms with E-state index in [9.17, 15) is 0 Å². The molecule has 19 heavy (non-hydrogen) atoms. The van der Waals surface area contributed by atoms with Crippen molar-refractivity contribution in [3.05, 3.63) is 57.9 Å². The highest BCUT2D eigenvalue weighted by atomic mass is 79.9. The lowest BCUT2D eigenvalue weighted by Crippen LogP contribution is -2.05. The molecule has 1 aromatic carbocycles. The summed E-state index contributed by atoms with van der Waals surface area (Å²) in [7, 11) is 0. The Morgan fingerprint density at radius 2 is 2.00 bits per heavy atom. The Labute approximate surface area is 123 Å². The average molecular weight is 338 g/mol. The van der Waals surface area contributed by atoms with Crippen LogP contribution in [-0.2, 0) is 6.54 Å². The van der Waals surface area contributed by atoms with E-state index < -0.39 is 0 Å². The zero-order valence-corrected chi connectivity index (χ0v) is 12.2. The van der Waals surface area contributed by atoms with Crippen molar-refractivity contribution in [2.45, 2.75) is 6.54 Å². The van der Waals surface area contributed by atoms with Crippen LogP contribution < -0.4 is 5.32 Å². The van der Waals surface area contributed by atoms with Gasteiger partial charge in [-0.3, -0.25) is 0 Å². The molecule has 0 bridgehead atoms. The molecule has 96 valence electrons. The van der Waals surface area contributed by atoms with Crippen LogP contribution in [0.25, 0.3) is 5.52 Å². The highest BCUT2D eigenvalue weighted by Crippen LogP contribution is 2.25. The van der Waals surface area contributed by atoms with Gasteiger partial charge < -0.3 is 5.32 Å². The second-order valence-electron chi connectivity index (χ2n) is 4.03. The van der Waals surface area contributed by atoms with Gasteiger partial charge in [-0.05, 0) is 39.2 Å². The molecule has 0 fully saturated rings. The molecule has 2 aromatic heterocycles. The minimum Gasteiger partial charge on any atom is -0.364 e. The van der Waals surface area contributed by atoms with E-state index in [0.29, 0.717) is 12.4 Å². The average Bonchev–Trinajstić information content (AvgIpc) is 2.79. The molecule has 0 atom stereocenters. The van der Waals surface area contributed by atoms with Gasteiger partial charge in [-0.2, -0.15) is 4.98 Å². The standard InChI is InChI=1S/C13H10BrClN4/c14-10-6-7-19-11(10)12(17-13(15)18-19)16-8-9-4-2-1-3-5-9/h1-7H,8H2,(H,16,17,18). The maximum absolute atomic E-state index is 5.92. The predicted octanol–water partition coefficient (Wildman–Crippen LogP) is 3.76. The van der Waals surface area contributed by atoms with Gasteiger partial charge in [0, 0.05) is 17.2 Å². The first-order chi connectivity index (χ1) is 9.24. The summed E-state index contributed by atoms with van der Waals surface area (Å²) in [4.78, 5) is 4.24. The van der Waals surface area contributed by atoms with Gasteiger partial charge in [0.15, 0.2) is 5.82 Å². The maximum atomic E-state index is 5.92. The lowest BCUT2D eigenvalue weighted by molar-refractivity contribution is 0.900. The van der Waals surface area contributed by atoms with E-state index in [-0.39, 0.29) is 5.28 Å². The van der Waals surface area contributed by atoms with Crippen LogP contribution in [-0.4, -0.2) is 14.6 Å². The van der Waals surface area contributed by atoms with Crippen LogP contribution in [0.5, 0.6) is 0 Å². The van der Waals surface area contributed by atoms with Crippen LogP contribution in [0.4, 0.5) is 5.82 Å². The Balaban J connectivity index is 1.94. The molecule has 3 rings (SSSR count). The van der Waals surface area contributed by atoms with Gasteiger partial charge in [-0.15, -0.1) is 5.10 Å². The summed E-state index contributed by atoms with van der Waals surface area (Å²) in [5.41, 5.74) is 2.05. The molecule has 0 aliphatic heterocycles. The third-order valence-corrected chi connectivity index (χ3v) is 3.54. The summed E-state index contributed by atoms with van der Waals surface area (Å²) >= 11 is 9.40. The molecule has 0 unspecified atom stereocenters. The molecule has 0 aliphatic carbocycles. The van der Waals surface area contributed by atoms with Crippen LogP contribution in [0, 0.1) is 0 Å². The van der Waals surface area contributed by atoms with Gasteiger partial charge in [-0.25, -0.2) is 4.52 Å². The highest BCUT2D eigenvalue weighted by Gasteiger charge is 2.10. The van der Waals surface area contributed by atoms with Crippen molar-refractivity contribution in [1.29, 1.82) is 0 Å². The van der Waals surface area contributed by atoms with Crippen LogP contribution in [0.15, 0.2) is 47.1 Å². The van der Waals surface area contributed by atoms with E-state index in [0.717, 1.165) is 9.99 Å². The van der Waals surface area contributed by atoms with Gasteiger partial charge >= 0.3 is 0 Å². The van der Waals surface area contributed by atoms with Gasteiger partial charge in [-0.1, -0.05) is 30.3 Å². The fourth-order valence-corrected chi connectivity index (χ4v) is 2.52. The summed E-state index contributed by atoms with van der Waals surface area (Å²) < 4.78 is 2.63. The number of rotatable bonds is 3. The number of hydrogen-bond donors (Lipinski definition) is 1. The highest BCUT2D eigenvalue weighted by molar-refractivity contribution is 9.10. The summed E-state index contributed by atoms with van der Waals surface area (Å²) in [5.74, 6) is 0.709. The van der Waals surface area contributed by atoms with Crippen molar-refractivity contribution >= 4 is 38.9 Å². The van der Waals surface area contributed by atoms with Crippen molar-refractivity contribution in [1.82, 2.24) is 14.6 Å². The van der Waals surface area contributed by atoms with Crippen molar-refractivity contribution in [2.24, 2.45) is 0 Å². The number of nitrogens with zero attached hydrogens (tertiary/aromatic N) is 3. The molecule has 0 saturated heterocycles. The van der Waals surface area contributed by atoms with Gasteiger partial charge in [0.05, 0.1) is 0 Å². The molecule has 6 heteroatoms. The maximum Gasteiger partial charge on any atom is 0.243 e. The van der Waals surface area contributed by atoms with E-state index in [2.05, 4.69) is 43.5 Å².